The first-order valence-electron chi connectivity index (χ1n) is 6.85. The largest absolute Gasteiger partial charge is 0.497 e. The minimum Gasteiger partial charge on any atom is -0.497 e. The number of hydrogen-bond donors (Lipinski definition) is 0. The summed E-state index contributed by atoms with van der Waals surface area (Å²) in [4.78, 5) is 12.6. The van der Waals surface area contributed by atoms with Crippen molar-refractivity contribution in [2.45, 2.75) is 12.8 Å². The molecule has 0 aromatic heterocycles. The van der Waals surface area contributed by atoms with Gasteiger partial charge in [-0.1, -0.05) is 23.7 Å². The summed E-state index contributed by atoms with van der Waals surface area (Å²) >= 11 is 5.99. The molecule has 0 atom stereocenters. The second-order valence-electron chi connectivity index (χ2n) is 5.08. The molecule has 2 aromatic rings. The number of rotatable bonds is 2. The van der Waals surface area contributed by atoms with E-state index in [9.17, 15) is 4.79 Å². The van der Waals surface area contributed by atoms with Crippen LogP contribution in [-0.2, 0) is 6.42 Å². The first-order chi connectivity index (χ1) is 10.2. The number of methoxy groups -OCH3 is 1. The fourth-order valence-electron chi connectivity index (χ4n) is 2.62. The maximum absolute atomic E-state index is 12.6. The maximum atomic E-state index is 12.6. The molecule has 21 heavy (non-hydrogen) atoms. The Balaban J connectivity index is 1.95. The van der Waals surface area contributed by atoms with Gasteiger partial charge in [0.2, 0.25) is 0 Å². The molecule has 1 aliphatic rings. The average Bonchev–Trinajstić information content (AvgIpc) is 2.50. The Morgan fingerprint density at radius 1 is 1.14 bits per heavy atom. The summed E-state index contributed by atoms with van der Waals surface area (Å²) in [5.74, 6) is 0.891. The van der Waals surface area contributed by atoms with E-state index in [-0.39, 0.29) is 5.78 Å². The van der Waals surface area contributed by atoms with Crippen molar-refractivity contribution in [1.29, 1.82) is 0 Å². The summed E-state index contributed by atoms with van der Waals surface area (Å²) in [6, 6.07) is 13.2. The lowest BCUT2D eigenvalue weighted by molar-refractivity contribution is 0.102. The number of aryl methyl sites for hydroxylation is 1. The molecule has 1 aliphatic carbocycles. The summed E-state index contributed by atoms with van der Waals surface area (Å²) in [6.07, 6.45) is 3.53. The van der Waals surface area contributed by atoms with Gasteiger partial charge in [0, 0.05) is 16.2 Å². The summed E-state index contributed by atoms with van der Waals surface area (Å²) in [5.41, 5.74) is 3.62. The van der Waals surface area contributed by atoms with Gasteiger partial charge in [0.1, 0.15) is 5.75 Å². The Kier molecular flexibility index (Phi) is 3.80. The molecule has 0 spiro atoms. The first kappa shape index (κ1) is 13.9. The van der Waals surface area contributed by atoms with Crippen molar-refractivity contribution in [3.8, 4) is 5.75 Å². The van der Waals surface area contributed by atoms with Crippen molar-refractivity contribution in [3.05, 3.63) is 69.8 Å². The maximum Gasteiger partial charge on any atom is 0.189 e. The monoisotopic (exact) mass is 298 g/mol. The number of halogens is 1. The third-order valence-corrected chi connectivity index (χ3v) is 3.94. The van der Waals surface area contributed by atoms with E-state index in [1.54, 1.807) is 7.11 Å². The molecule has 0 radical (unpaired) electrons. The van der Waals surface area contributed by atoms with E-state index < -0.39 is 0 Å². The van der Waals surface area contributed by atoms with Gasteiger partial charge in [-0.05, 0) is 60.4 Å². The Labute approximate surface area is 129 Å². The molecular weight excluding hydrogens is 284 g/mol. The standard InChI is InChI=1S/C18H15ClO2/c1-21-16-7-8-17-13(11-16)5-6-14(18(17)20)9-12-3-2-4-15(19)10-12/h2-4,7-11H,5-6H2,1H3. The van der Waals surface area contributed by atoms with Crippen molar-refractivity contribution in [3.63, 3.8) is 0 Å². The zero-order chi connectivity index (χ0) is 14.8. The Bertz CT molecular complexity index is 732. The third-order valence-electron chi connectivity index (χ3n) is 3.70. The van der Waals surface area contributed by atoms with Crippen LogP contribution < -0.4 is 4.74 Å². The number of carbonyl (C=O) groups excluding carboxylic acids is 1. The van der Waals surface area contributed by atoms with Crippen LogP contribution in [0.15, 0.2) is 48.0 Å². The molecule has 0 N–H and O–H groups in total. The van der Waals surface area contributed by atoms with Crippen LogP contribution in [0.3, 0.4) is 0 Å². The van der Waals surface area contributed by atoms with Crippen LogP contribution in [0, 0.1) is 0 Å². The fourth-order valence-corrected chi connectivity index (χ4v) is 2.82. The number of carbonyl (C=O) groups is 1. The number of ether oxygens (including phenoxy) is 1. The second-order valence-corrected chi connectivity index (χ2v) is 5.51. The second kappa shape index (κ2) is 5.74. The Morgan fingerprint density at radius 3 is 2.76 bits per heavy atom. The van der Waals surface area contributed by atoms with Crippen molar-refractivity contribution < 1.29 is 9.53 Å². The molecule has 3 heteroatoms. The average molecular weight is 299 g/mol. The van der Waals surface area contributed by atoms with Crippen LogP contribution in [0.4, 0.5) is 0 Å². The van der Waals surface area contributed by atoms with E-state index in [1.165, 1.54) is 0 Å². The van der Waals surface area contributed by atoms with E-state index in [1.807, 2.05) is 48.5 Å². The van der Waals surface area contributed by atoms with Crippen molar-refractivity contribution >= 4 is 23.5 Å². The Morgan fingerprint density at radius 2 is 2.00 bits per heavy atom. The molecule has 0 unspecified atom stereocenters. The van der Waals surface area contributed by atoms with E-state index in [0.29, 0.717) is 5.02 Å². The number of Topliss-reactive ketones (excluding diaryl/α,β-unsaturated/α-hetero) is 1. The Hall–Kier alpha value is -2.06. The SMILES string of the molecule is COc1ccc2c(c1)CCC(=Cc1cccc(Cl)c1)C2=O. The van der Waals surface area contributed by atoms with Gasteiger partial charge in [0.25, 0.3) is 0 Å². The van der Waals surface area contributed by atoms with Gasteiger partial charge in [0.15, 0.2) is 5.78 Å². The van der Waals surface area contributed by atoms with Gasteiger partial charge in [-0.25, -0.2) is 0 Å². The molecular formula is C18H15ClO2. The lowest BCUT2D eigenvalue weighted by Crippen LogP contribution is -2.14. The quantitative estimate of drug-likeness (QED) is 0.760. The van der Waals surface area contributed by atoms with Crippen LogP contribution in [-0.4, -0.2) is 12.9 Å². The molecule has 3 rings (SSSR count). The molecule has 0 aliphatic heterocycles. The summed E-state index contributed by atoms with van der Waals surface area (Å²) in [6.45, 7) is 0. The zero-order valence-electron chi connectivity index (χ0n) is 11.7. The minimum absolute atomic E-state index is 0.0962. The van der Waals surface area contributed by atoms with Crippen molar-refractivity contribution in [2.24, 2.45) is 0 Å². The minimum atomic E-state index is 0.0962. The lowest BCUT2D eigenvalue weighted by atomic mass is 9.86. The van der Waals surface area contributed by atoms with Gasteiger partial charge in [0.05, 0.1) is 7.11 Å². The van der Waals surface area contributed by atoms with E-state index in [0.717, 1.165) is 40.9 Å². The highest BCUT2D eigenvalue weighted by Crippen LogP contribution is 2.29. The number of allylic oxidation sites excluding steroid dienone is 1. The predicted octanol–water partition coefficient (Wildman–Crippen LogP) is 4.56. The first-order valence-corrected chi connectivity index (χ1v) is 7.23. The van der Waals surface area contributed by atoms with Crippen LogP contribution >= 0.6 is 11.6 Å². The van der Waals surface area contributed by atoms with E-state index >= 15 is 0 Å². The van der Waals surface area contributed by atoms with Crippen LogP contribution in [0.5, 0.6) is 5.75 Å². The smallest absolute Gasteiger partial charge is 0.189 e. The van der Waals surface area contributed by atoms with Gasteiger partial charge in [-0.2, -0.15) is 0 Å². The fraction of sp³-hybridized carbons (Fsp3) is 0.167. The highest BCUT2D eigenvalue weighted by Gasteiger charge is 2.22. The highest BCUT2D eigenvalue weighted by atomic mass is 35.5. The number of hydrogen-bond acceptors (Lipinski definition) is 2. The molecule has 0 saturated heterocycles. The predicted molar refractivity (Wildman–Crippen MR) is 85.1 cm³/mol. The summed E-state index contributed by atoms with van der Waals surface area (Å²) in [7, 11) is 1.64. The molecule has 0 saturated carbocycles. The molecule has 0 bridgehead atoms. The van der Waals surface area contributed by atoms with Crippen molar-refractivity contribution in [2.75, 3.05) is 7.11 Å². The molecule has 2 aromatic carbocycles. The molecule has 0 heterocycles. The number of ketones is 1. The van der Waals surface area contributed by atoms with E-state index in [4.69, 9.17) is 16.3 Å². The summed E-state index contributed by atoms with van der Waals surface area (Å²) < 4.78 is 5.21. The van der Waals surface area contributed by atoms with Crippen LogP contribution in [0.1, 0.15) is 27.9 Å². The highest BCUT2D eigenvalue weighted by molar-refractivity contribution is 6.30. The number of fused-ring (bicyclic) bond motifs is 1. The molecule has 2 nitrogen and oxygen atoms in total. The molecule has 106 valence electrons. The summed E-state index contributed by atoms with van der Waals surface area (Å²) in [5, 5.41) is 0.678. The molecule has 0 amide bonds. The number of benzene rings is 2. The van der Waals surface area contributed by atoms with Gasteiger partial charge in [-0.15, -0.1) is 0 Å². The van der Waals surface area contributed by atoms with Gasteiger partial charge >= 0.3 is 0 Å². The topological polar surface area (TPSA) is 26.3 Å². The van der Waals surface area contributed by atoms with E-state index in [2.05, 4.69) is 0 Å². The zero-order valence-corrected chi connectivity index (χ0v) is 12.5. The normalized spacial score (nSPS) is 15.9. The van der Waals surface area contributed by atoms with Crippen LogP contribution in [0.2, 0.25) is 5.02 Å². The lowest BCUT2D eigenvalue weighted by Gasteiger charge is -2.18. The van der Waals surface area contributed by atoms with Crippen molar-refractivity contribution in [1.82, 2.24) is 0 Å². The molecule has 0 fully saturated rings. The van der Waals surface area contributed by atoms with Gasteiger partial charge in [-0.3, -0.25) is 4.79 Å². The van der Waals surface area contributed by atoms with Crippen LogP contribution in [0.25, 0.3) is 6.08 Å². The van der Waals surface area contributed by atoms with Gasteiger partial charge < -0.3 is 4.74 Å². The third kappa shape index (κ3) is 2.86.